The Hall–Kier alpha value is -1.87. The number of hydrogen-bond donors (Lipinski definition) is 2. The molecule has 1 atom stereocenters. The van der Waals surface area contributed by atoms with E-state index in [1.54, 1.807) is 0 Å². The molecule has 0 saturated carbocycles. The lowest BCUT2D eigenvalue weighted by Gasteiger charge is -2.26. The Kier molecular flexibility index (Phi) is 6.00. The smallest absolute Gasteiger partial charge is 0.171 e. The fourth-order valence-corrected chi connectivity index (χ4v) is 3.15. The molecule has 0 bridgehead atoms. The van der Waals surface area contributed by atoms with E-state index in [1.165, 1.54) is 27.8 Å². The van der Waals surface area contributed by atoms with Gasteiger partial charge in [0, 0.05) is 5.69 Å². The van der Waals surface area contributed by atoms with Crippen molar-refractivity contribution in [3.8, 4) is 0 Å². The van der Waals surface area contributed by atoms with E-state index >= 15 is 0 Å². The summed E-state index contributed by atoms with van der Waals surface area (Å²) in [4.78, 5) is 0. The molecule has 0 aliphatic carbocycles. The van der Waals surface area contributed by atoms with Gasteiger partial charge in [-0.25, -0.2) is 0 Å². The van der Waals surface area contributed by atoms with Crippen molar-refractivity contribution in [1.29, 1.82) is 0 Å². The quantitative estimate of drug-likeness (QED) is 0.708. The second-order valence-corrected chi connectivity index (χ2v) is 7.39. The number of aryl methyl sites for hydroxylation is 4. The van der Waals surface area contributed by atoms with Gasteiger partial charge in [0.1, 0.15) is 0 Å². The van der Waals surface area contributed by atoms with Crippen LogP contribution in [0.4, 0.5) is 5.69 Å². The molecule has 3 heteroatoms. The maximum absolute atomic E-state index is 5.55. The van der Waals surface area contributed by atoms with Gasteiger partial charge in [0.15, 0.2) is 5.11 Å². The van der Waals surface area contributed by atoms with Crippen molar-refractivity contribution >= 4 is 23.0 Å². The lowest BCUT2D eigenvalue weighted by molar-refractivity contribution is 0.471. The molecule has 0 aliphatic heterocycles. The van der Waals surface area contributed by atoms with Crippen molar-refractivity contribution in [3.05, 3.63) is 64.2 Å². The van der Waals surface area contributed by atoms with Crippen molar-refractivity contribution in [3.63, 3.8) is 0 Å². The highest BCUT2D eigenvalue weighted by Gasteiger charge is 2.18. The molecule has 2 aromatic rings. The Bertz CT molecular complexity index is 735. The van der Waals surface area contributed by atoms with Crippen LogP contribution in [0.5, 0.6) is 0 Å². The normalized spacial score (nSPS) is 12.1. The van der Waals surface area contributed by atoms with E-state index in [2.05, 4.69) is 88.6 Å². The molecule has 2 rings (SSSR count). The standard InChI is InChI=1S/C21H28N2S/c1-13(2)20(19-10-7-14(3)11-17(19)6)23-21(24)22-18-9-8-15(4)16(5)12-18/h7-13,20H,1-6H3,(H2,22,23,24)/t20-/m1/s1. The minimum Gasteiger partial charge on any atom is -0.355 e. The van der Waals surface area contributed by atoms with Crippen LogP contribution in [0.3, 0.4) is 0 Å². The van der Waals surface area contributed by atoms with E-state index in [1.807, 2.05) is 0 Å². The van der Waals surface area contributed by atoms with Crippen LogP contribution in [0, 0.1) is 33.6 Å². The molecule has 0 radical (unpaired) electrons. The van der Waals surface area contributed by atoms with Gasteiger partial charge in [0.25, 0.3) is 0 Å². The second kappa shape index (κ2) is 7.80. The Balaban J connectivity index is 2.15. The number of hydrogen-bond acceptors (Lipinski definition) is 1. The first-order chi connectivity index (χ1) is 11.3. The molecule has 2 N–H and O–H groups in total. The molecule has 0 spiro atoms. The topological polar surface area (TPSA) is 24.1 Å². The van der Waals surface area contributed by atoms with E-state index in [0.29, 0.717) is 11.0 Å². The maximum Gasteiger partial charge on any atom is 0.171 e. The average Bonchev–Trinajstić information content (AvgIpc) is 2.49. The van der Waals surface area contributed by atoms with Gasteiger partial charge in [-0.3, -0.25) is 0 Å². The van der Waals surface area contributed by atoms with E-state index in [9.17, 15) is 0 Å². The zero-order valence-corrected chi connectivity index (χ0v) is 16.3. The molecular weight excluding hydrogens is 312 g/mol. The van der Waals surface area contributed by atoms with Crippen LogP contribution in [0.25, 0.3) is 0 Å². The summed E-state index contributed by atoms with van der Waals surface area (Å²) in [6.07, 6.45) is 0. The predicted octanol–water partition coefficient (Wildman–Crippen LogP) is 5.60. The van der Waals surface area contributed by atoms with E-state index in [0.717, 1.165) is 5.69 Å². The van der Waals surface area contributed by atoms with Crippen LogP contribution in [0.1, 0.15) is 47.7 Å². The summed E-state index contributed by atoms with van der Waals surface area (Å²) >= 11 is 5.55. The fourth-order valence-electron chi connectivity index (χ4n) is 2.91. The van der Waals surface area contributed by atoms with Crippen molar-refractivity contribution < 1.29 is 0 Å². The first kappa shape index (κ1) is 18.5. The molecule has 0 heterocycles. The lowest BCUT2D eigenvalue weighted by Crippen LogP contribution is -2.35. The third kappa shape index (κ3) is 4.57. The minimum atomic E-state index is 0.192. The molecule has 128 valence electrons. The Morgan fingerprint density at radius 1 is 0.875 bits per heavy atom. The molecule has 2 nitrogen and oxygen atoms in total. The van der Waals surface area contributed by atoms with Gasteiger partial charge in [-0.2, -0.15) is 0 Å². The molecular formula is C21H28N2S. The summed E-state index contributed by atoms with van der Waals surface area (Å²) in [6.45, 7) is 13.0. The van der Waals surface area contributed by atoms with Gasteiger partial charge in [0.05, 0.1) is 6.04 Å². The fraction of sp³-hybridized carbons (Fsp3) is 0.381. The highest BCUT2D eigenvalue weighted by atomic mass is 32.1. The van der Waals surface area contributed by atoms with Gasteiger partial charge in [-0.05, 0) is 80.2 Å². The molecule has 0 aliphatic rings. The van der Waals surface area contributed by atoms with Crippen LogP contribution in [0.15, 0.2) is 36.4 Å². The number of nitrogens with one attached hydrogen (secondary N) is 2. The molecule has 2 aromatic carbocycles. The number of rotatable bonds is 4. The number of benzene rings is 2. The summed E-state index contributed by atoms with van der Waals surface area (Å²) < 4.78 is 0. The van der Waals surface area contributed by atoms with E-state index in [4.69, 9.17) is 12.2 Å². The zero-order chi connectivity index (χ0) is 17.9. The molecule has 0 aromatic heterocycles. The summed E-state index contributed by atoms with van der Waals surface area (Å²) in [5.74, 6) is 0.436. The van der Waals surface area contributed by atoms with E-state index < -0.39 is 0 Å². The first-order valence-corrected chi connectivity index (χ1v) is 8.90. The third-order valence-corrected chi connectivity index (χ3v) is 4.70. The van der Waals surface area contributed by atoms with Gasteiger partial charge < -0.3 is 10.6 Å². The Labute approximate surface area is 151 Å². The summed E-state index contributed by atoms with van der Waals surface area (Å²) in [6, 6.07) is 13.1. The van der Waals surface area contributed by atoms with Crippen LogP contribution in [0.2, 0.25) is 0 Å². The van der Waals surface area contributed by atoms with Crippen LogP contribution < -0.4 is 10.6 Å². The largest absolute Gasteiger partial charge is 0.355 e. The zero-order valence-electron chi connectivity index (χ0n) is 15.5. The molecule has 0 fully saturated rings. The van der Waals surface area contributed by atoms with Gasteiger partial charge >= 0.3 is 0 Å². The predicted molar refractivity (Wildman–Crippen MR) is 109 cm³/mol. The Morgan fingerprint density at radius 3 is 2.17 bits per heavy atom. The number of anilines is 1. The lowest BCUT2D eigenvalue weighted by atomic mass is 9.92. The third-order valence-electron chi connectivity index (χ3n) is 4.48. The van der Waals surface area contributed by atoms with Crippen molar-refractivity contribution in [2.75, 3.05) is 5.32 Å². The average molecular weight is 341 g/mol. The summed E-state index contributed by atoms with van der Waals surface area (Å²) in [7, 11) is 0. The summed E-state index contributed by atoms with van der Waals surface area (Å²) in [5.41, 5.74) is 7.47. The van der Waals surface area contributed by atoms with Crippen LogP contribution in [-0.4, -0.2) is 5.11 Å². The van der Waals surface area contributed by atoms with Gasteiger partial charge in [-0.15, -0.1) is 0 Å². The highest BCUT2D eigenvalue weighted by molar-refractivity contribution is 7.80. The Morgan fingerprint density at radius 2 is 1.58 bits per heavy atom. The van der Waals surface area contributed by atoms with Crippen molar-refractivity contribution in [2.24, 2.45) is 5.92 Å². The van der Waals surface area contributed by atoms with Gasteiger partial charge in [0.2, 0.25) is 0 Å². The molecule has 0 unspecified atom stereocenters. The maximum atomic E-state index is 5.55. The number of thiocarbonyl (C=S) groups is 1. The summed E-state index contributed by atoms with van der Waals surface area (Å²) in [5, 5.41) is 7.48. The first-order valence-electron chi connectivity index (χ1n) is 8.50. The minimum absolute atomic E-state index is 0.192. The van der Waals surface area contributed by atoms with Crippen molar-refractivity contribution in [1.82, 2.24) is 5.32 Å². The molecule has 24 heavy (non-hydrogen) atoms. The van der Waals surface area contributed by atoms with Gasteiger partial charge in [-0.1, -0.05) is 43.7 Å². The molecule has 0 saturated heterocycles. The SMILES string of the molecule is Cc1ccc([C@H](NC(=S)Nc2ccc(C)c(C)c2)C(C)C)c(C)c1. The van der Waals surface area contributed by atoms with Crippen molar-refractivity contribution in [2.45, 2.75) is 47.6 Å². The van der Waals surface area contributed by atoms with E-state index in [-0.39, 0.29) is 6.04 Å². The molecule has 0 amide bonds. The highest BCUT2D eigenvalue weighted by Crippen LogP contribution is 2.26. The monoisotopic (exact) mass is 340 g/mol. The van der Waals surface area contributed by atoms with Crippen LogP contribution >= 0.6 is 12.2 Å². The van der Waals surface area contributed by atoms with Crippen LogP contribution in [-0.2, 0) is 0 Å². The second-order valence-electron chi connectivity index (χ2n) is 6.98.